The van der Waals surface area contributed by atoms with E-state index in [2.05, 4.69) is 26.7 Å². The Morgan fingerprint density at radius 3 is 2.71 bits per heavy atom. The zero-order chi connectivity index (χ0) is 19.5. The average molecular weight is 378 g/mol. The number of anilines is 1. The molecule has 4 rings (SSSR count). The van der Waals surface area contributed by atoms with E-state index in [1.54, 1.807) is 6.20 Å². The van der Waals surface area contributed by atoms with Gasteiger partial charge in [0, 0.05) is 32.4 Å². The first-order valence-corrected chi connectivity index (χ1v) is 10.0. The Hall–Kier alpha value is -2.73. The minimum Gasteiger partial charge on any atom is -0.403 e. The Bertz CT molecular complexity index is 1020. The maximum atomic E-state index is 12.6. The van der Waals surface area contributed by atoms with Crippen LogP contribution in [0, 0.1) is 6.92 Å². The van der Waals surface area contributed by atoms with Crippen LogP contribution in [0.2, 0.25) is 0 Å². The van der Waals surface area contributed by atoms with Gasteiger partial charge < -0.3 is 9.32 Å². The van der Waals surface area contributed by atoms with Crippen molar-refractivity contribution < 1.29 is 4.42 Å². The highest BCUT2D eigenvalue weighted by Crippen LogP contribution is 2.28. The van der Waals surface area contributed by atoms with E-state index in [-0.39, 0.29) is 5.63 Å². The van der Waals surface area contributed by atoms with E-state index in [1.165, 1.54) is 12.8 Å². The lowest BCUT2D eigenvalue weighted by molar-refractivity contribution is 0.253. The van der Waals surface area contributed by atoms with Crippen LogP contribution in [-0.4, -0.2) is 47.6 Å². The Balaban J connectivity index is 1.66. The number of pyridine rings is 1. The van der Waals surface area contributed by atoms with Gasteiger partial charge in [-0.15, -0.1) is 0 Å². The minimum absolute atomic E-state index is 0.333. The number of nitrogens with zero attached hydrogens (tertiary/aromatic N) is 4. The summed E-state index contributed by atoms with van der Waals surface area (Å²) in [6.07, 6.45) is 4.24. The highest BCUT2D eigenvalue weighted by Gasteiger charge is 2.22. The summed E-state index contributed by atoms with van der Waals surface area (Å²) in [5, 5.41) is 0.543. The van der Waals surface area contributed by atoms with Gasteiger partial charge >= 0.3 is 5.63 Å². The third-order valence-electron chi connectivity index (χ3n) is 5.38. The molecule has 2 aromatic heterocycles. The molecule has 1 aliphatic heterocycles. The lowest BCUT2D eigenvalue weighted by Gasteiger charge is -2.36. The number of fused-ring (bicyclic) bond motifs is 1. The first kappa shape index (κ1) is 18.6. The predicted octanol–water partition coefficient (Wildman–Crippen LogP) is 3.48. The van der Waals surface area contributed by atoms with Gasteiger partial charge in [-0.3, -0.25) is 4.90 Å². The molecule has 146 valence electrons. The standard InChI is InChI=1S/C22H26N4O2/c1-3-4-11-25-12-14-26(15-13-25)20-17(8-6-10-23-20)21-24-18-9-5-7-16(2)19(18)22(27)28-21/h5-10H,3-4,11-15H2,1-2H3. The molecule has 0 spiro atoms. The van der Waals surface area contributed by atoms with Gasteiger partial charge in [-0.1, -0.05) is 25.5 Å². The van der Waals surface area contributed by atoms with E-state index in [1.807, 2.05) is 37.3 Å². The lowest BCUT2D eigenvalue weighted by Crippen LogP contribution is -2.47. The number of piperazine rings is 1. The molecule has 0 saturated carbocycles. The summed E-state index contributed by atoms with van der Waals surface area (Å²) < 4.78 is 5.62. The van der Waals surface area contributed by atoms with Crippen molar-refractivity contribution in [1.82, 2.24) is 14.9 Å². The molecule has 3 aromatic rings. The molecular weight excluding hydrogens is 352 g/mol. The molecule has 28 heavy (non-hydrogen) atoms. The zero-order valence-corrected chi connectivity index (χ0v) is 16.5. The second kappa shape index (κ2) is 8.10. The molecule has 1 saturated heterocycles. The molecule has 3 heterocycles. The van der Waals surface area contributed by atoms with E-state index < -0.39 is 0 Å². The first-order chi connectivity index (χ1) is 13.7. The van der Waals surface area contributed by atoms with Gasteiger partial charge in [-0.25, -0.2) is 14.8 Å². The number of rotatable bonds is 5. The van der Waals surface area contributed by atoms with Gasteiger partial charge in [0.1, 0.15) is 5.82 Å². The van der Waals surface area contributed by atoms with Crippen molar-refractivity contribution >= 4 is 16.7 Å². The van der Waals surface area contributed by atoms with Crippen LogP contribution in [0.1, 0.15) is 25.3 Å². The zero-order valence-electron chi connectivity index (χ0n) is 16.5. The van der Waals surface area contributed by atoms with Crippen molar-refractivity contribution in [3.8, 4) is 11.5 Å². The van der Waals surface area contributed by atoms with Crippen molar-refractivity contribution in [3.63, 3.8) is 0 Å². The molecule has 0 aliphatic carbocycles. The van der Waals surface area contributed by atoms with Gasteiger partial charge in [0.2, 0.25) is 5.89 Å². The third-order valence-corrected chi connectivity index (χ3v) is 5.38. The fourth-order valence-corrected chi connectivity index (χ4v) is 3.78. The summed E-state index contributed by atoms with van der Waals surface area (Å²) in [5.74, 6) is 1.17. The molecule has 0 radical (unpaired) electrons. The highest BCUT2D eigenvalue weighted by molar-refractivity contribution is 5.82. The van der Waals surface area contributed by atoms with Crippen LogP contribution in [0.25, 0.3) is 22.4 Å². The topological polar surface area (TPSA) is 62.5 Å². The van der Waals surface area contributed by atoms with Crippen LogP contribution in [0.4, 0.5) is 5.82 Å². The van der Waals surface area contributed by atoms with Crippen molar-refractivity contribution in [2.45, 2.75) is 26.7 Å². The molecule has 1 aliphatic rings. The summed E-state index contributed by atoms with van der Waals surface area (Å²) in [7, 11) is 0. The van der Waals surface area contributed by atoms with E-state index in [4.69, 9.17) is 4.42 Å². The second-order valence-corrected chi connectivity index (χ2v) is 7.33. The van der Waals surface area contributed by atoms with Crippen molar-refractivity contribution in [1.29, 1.82) is 0 Å². The smallest absolute Gasteiger partial charge is 0.347 e. The van der Waals surface area contributed by atoms with E-state index >= 15 is 0 Å². The maximum absolute atomic E-state index is 12.6. The van der Waals surface area contributed by atoms with E-state index in [9.17, 15) is 4.79 Å². The van der Waals surface area contributed by atoms with Gasteiger partial charge in [0.25, 0.3) is 0 Å². The SMILES string of the molecule is CCCCN1CCN(c2ncccc2-c2nc3cccc(C)c3c(=O)o2)CC1. The molecule has 6 heteroatoms. The van der Waals surface area contributed by atoms with Crippen LogP contribution in [-0.2, 0) is 0 Å². The van der Waals surface area contributed by atoms with Gasteiger partial charge in [-0.2, -0.15) is 0 Å². The number of benzene rings is 1. The number of hydrogen-bond donors (Lipinski definition) is 0. The number of unbranched alkanes of at least 4 members (excludes halogenated alkanes) is 1. The van der Waals surface area contributed by atoms with Crippen LogP contribution in [0.15, 0.2) is 45.7 Å². The molecular formula is C22H26N4O2. The third kappa shape index (κ3) is 3.64. The highest BCUT2D eigenvalue weighted by atomic mass is 16.4. The number of hydrogen-bond acceptors (Lipinski definition) is 6. The molecule has 6 nitrogen and oxygen atoms in total. The first-order valence-electron chi connectivity index (χ1n) is 10.0. The molecule has 1 aromatic carbocycles. The molecule has 0 bridgehead atoms. The summed E-state index contributed by atoms with van der Waals surface area (Å²) in [4.78, 5) is 26.6. The Labute approximate surface area is 164 Å². The van der Waals surface area contributed by atoms with Gasteiger partial charge in [0.05, 0.1) is 16.5 Å². The van der Waals surface area contributed by atoms with Crippen LogP contribution in [0.5, 0.6) is 0 Å². The van der Waals surface area contributed by atoms with E-state index in [0.717, 1.165) is 49.7 Å². The summed E-state index contributed by atoms with van der Waals surface area (Å²) >= 11 is 0. The largest absolute Gasteiger partial charge is 0.403 e. The fourth-order valence-electron chi connectivity index (χ4n) is 3.78. The Morgan fingerprint density at radius 1 is 1.11 bits per heavy atom. The van der Waals surface area contributed by atoms with Crippen LogP contribution < -0.4 is 10.5 Å². The van der Waals surface area contributed by atoms with E-state index in [0.29, 0.717) is 16.8 Å². The molecule has 1 fully saturated rings. The quantitative estimate of drug-likeness (QED) is 0.677. The summed E-state index contributed by atoms with van der Waals surface area (Å²) in [6.45, 7) is 9.13. The predicted molar refractivity (Wildman–Crippen MR) is 112 cm³/mol. The molecule has 0 N–H and O–H groups in total. The van der Waals surface area contributed by atoms with Crippen molar-refractivity contribution in [3.05, 3.63) is 52.5 Å². The minimum atomic E-state index is -0.350. The number of aryl methyl sites for hydroxylation is 1. The average Bonchev–Trinajstić information content (AvgIpc) is 2.72. The van der Waals surface area contributed by atoms with Crippen molar-refractivity contribution in [2.24, 2.45) is 0 Å². The fraction of sp³-hybridized carbons (Fsp3) is 0.409. The monoisotopic (exact) mass is 378 g/mol. The molecule has 0 atom stereocenters. The summed E-state index contributed by atoms with van der Waals surface area (Å²) in [5.41, 5.74) is 1.95. The normalized spacial score (nSPS) is 15.3. The maximum Gasteiger partial charge on any atom is 0.347 e. The molecule has 0 unspecified atom stereocenters. The van der Waals surface area contributed by atoms with Gasteiger partial charge in [0.15, 0.2) is 0 Å². The Kier molecular flexibility index (Phi) is 5.39. The summed E-state index contributed by atoms with van der Waals surface area (Å²) in [6, 6.07) is 9.45. The lowest BCUT2D eigenvalue weighted by atomic mass is 10.1. The van der Waals surface area contributed by atoms with Gasteiger partial charge in [-0.05, 0) is 43.7 Å². The van der Waals surface area contributed by atoms with Crippen LogP contribution >= 0.6 is 0 Å². The molecule has 0 amide bonds. The van der Waals surface area contributed by atoms with Crippen LogP contribution in [0.3, 0.4) is 0 Å². The Morgan fingerprint density at radius 2 is 1.93 bits per heavy atom. The second-order valence-electron chi connectivity index (χ2n) is 7.33. The number of aromatic nitrogens is 2. The van der Waals surface area contributed by atoms with Crippen molar-refractivity contribution in [2.75, 3.05) is 37.6 Å².